The molecule has 1 heterocycles. The average molecular weight is 425 g/mol. The third-order valence-corrected chi connectivity index (χ3v) is 5.04. The summed E-state index contributed by atoms with van der Waals surface area (Å²) in [5, 5.41) is 4.04. The highest BCUT2D eigenvalue weighted by molar-refractivity contribution is 9.10. The molecule has 1 aromatic heterocycles. The maximum Gasteiger partial charge on any atom is 0.250 e. The zero-order valence-electron chi connectivity index (χ0n) is 15.7. The molecule has 0 amide bonds. The van der Waals surface area contributed by atoms with Crippen LogP contribution in [0.15, 0.2) is 57.5 Å². The lowest BCUT2D eigenvalue weighted by atomic mass is 10.0. The zero-order valence-corrected chi connectivity index (χ0v) is 17.3. The SMILES string of the molecule is CCCCCCCc1ccc(C=Cc2nc(-c3ccc(Br)cc3)no2)cc1. The monoisotopic (exact) mass is 424 g/mol. The van der Waals surface area contributed by atoms with Crippen LogP contribution in [0, 0.1) is 0 Å². The van der Waals surface area contributed by atoms with Crippen molar-refractivity contribution in [3.63, 3.8) is 0 Å². The maximum atomic E-state index is 5.32. The first kappa shape index (κ1) is 19.6. The van der Waals surface area contributed by atoms with Crippen molar-refractivity contribution in [3.8, 4) is 11.4 Å². The molecule has 0 aliphatic rings. The van der Waals surface area contributed by atoms with E-state index in [2.05, 4.69) is 57.3 Å². The van der Waals surface area contributed by atoms with Gasteiger partial charge in [0.1, 0.15) is 0 Å². The highest BCUT2D eigenvalue weighted by atomic mass is 79.9. The minimum Gasteiger partial charge on any atom is -0.334 e. The minimum absolute atomic E-state index is 0.507. The molecule has 0 N–H and O–H groups in total. The summed E-state index contributed by atoms with van der Waals surface area (Å²) >= 11 is 3.43. The summed E-state index contributed by atoms with van der Waals surface area (Å²) in [5.41, 5.74) is 3.47. The Kier molecular flexibility index (Phi) is 7.40. The van der Waals surface area contributed by atoms with E-state index in [1.807, 2.05) is 36.4 Å². The Morgan fingerprint density at radius 3 is 2.37 bits per heavy atom. The quantitative estimate of drug-likeness (QED) is 0.341. The van der Waals surface area contributed by atoms with Crippen LogP contribution in [0.4, 0.5) is 0 Å². The Morgan fingerprint density at radius 2 is 1.63 bits per heavy atom. The fourth-order valence-corrected chi connectivity index (χ4v) is 3.18. The van der Waals surface area contributed by atoms with E-state index in [4.69, 9.17) is 4.52 Å². The Balaban J connectivity index is 1.54. The molecule has 0 unspecified atom stereocenters. The Hall–Kier alpha value is -2.20. The second kappa shape index (κ2) is 10.2. The van der Waals surface area contributed by atoms with Crippen LogP contribution in [0.3, 0.4) is 0 Å². The van der Waals surface area contributed by atoms with Gasteiger partial charge in [-0.25, -0.2) is 0 Å². The van der Waals surface area contributed by atoms with E-state index in [1.165, 1.54) is 37.7 Å². The van der Waals surface area contributed by atoms with Crippen molar-refractivity contribution in [3.05, 3.63) is 70.0 Å². The van der Waals surface area contributed by atoms with E-state index in [0.717, 1.165) is 22.0 Å². The predicted molar refractivity (Wildman–Crippen MR) is 115 cm³/mol. The average Bonchev–Trinajstić information content (AvgIpc) is 3.17. The molecule has 3 aromatic rings. The molecule has 4 heteroatoms. The highest BCUT2D eigenvalue weighted by Crippen LogP contribution is 2.20. The summed E-state index contributed by atoms with van der Waals surface area (Å²) in [6, 6.07) is 16.6. The van der Waals surface area contributed by atoms with Crippen LogP contribution in [0.1, 0.15) is 56.0 Å². The molecule has 0 aliphatic heterocycles. The number of hydrogen-bond donors (Lipinski definition) is 0. The van der Waals surface area contributed by atoms with E-state index in [0.29, 0.717) is 11.7 Å². The second-order valence-corrected chi connectivity index (χ2v) is 7.62. The summed E-state index contributed by atoms with van der Waals surface area (Å²) in [6.45, 7) is 2.25. The molecule has 0 bridgehead atoms. The van der Waals surface area contributed by atoms with Crippen molar-refractivity contribution in [2.45, 2.75) is 45.4 Å². The van der Waals surface area contributed by atoms with E-state index in [1.54, 1.807) is 0 Å². The molecule has 0 aliphatic carbocycles. The van der Waals surface area contributed by atoms with Crippen LogP contribution >= 0.6 is 15.9 Å². The van der Waals surface area contributed by atoms with Gasteiger partial charge in [0.25, 0.3) is 5.89 Å². The van der Waals surface area contributed by atoms with Crippen molar-refractivity contribution in [2.75, 3.05) is 0 Å². The van der Waals surface area contributed by atoms with Crippen LogP contribution in [0.25, 0.3) is 23.5 Å². The van der Waals surface area contributed by atoms with Crippen molar-refractivity contribution in [1.29, 1.82) is 0 Å². The molecule has 0 saturated carbocycles. The molecule has 0 spiro atoms. The fourth-order valence-electron chi connectivity index (χ4n) is 2.91. The normalized spacial score (nSPS) is 11.3. The lowest BCUT2D eigenvalue weighted by Gasteiger charge is -2.02. The van der Waals surface area contributed by atoms with Gasteiger partial charge in [0.15, 0.2) is 0 Å². The molecule has 27 heavy (non-hydrogen) atoms. The van der Waals surface area contributed by atoms with Gasteiger partial charge in [-0.3, -0.25) is 0 Å². The van der Waals surface area contributed by atoms with Gasteiger partial charge in [0.2, 0.25) is 5.82 Å². The molecule has 0 atom stereocenters. The summed E-state index contributed by atoms with van der Waals surface area (Å²) in [7, 11) is 0. The number of rotatable bonds is 9. The van der Waals surface area contributed by atoms with E-state index >= 15 is 0 Å². The van der Waals surface area contributed by atoms with Gasteiger partial charge in [0.05, 0.1) is 0 Å². The standard InChI is InChI=1S/C23H25BrN2O/c1-2-3-4-5-6-7-18-8-10-19(11-9-18)12-17-22-25-23(26-27-22)20-13-15-21(24)16-14-20/h8-17H,2-7H2,1H3. The van der Waals surface area contributed by atoms with Crippen molar-refractivity contribution in [1.82, 2.24) is 10.1 Å². The fraction of sp³-hybridized carbons (Fsp3) is 0.304. The zero-order chi connectivity index (χ0) is 18.9. The van der Waals surface area contributed by atoms with Gasteiger partial charge in [-0.05, 0) is 54.3 Å². The smallest absolute Gasteiger partial charge is 0.250 e. The summed E-state index contributed by atoms with van der Waals surface area (Å²) in [6.07, 6.45) is 11.6. The molecule has 0 radical (unpaired) electrons. The third-order valence-electron chi connectivity index (χ3n) is 4.51. The number of hydrogen-bond acceptors (Lipinski definition) is 3. The summed E-state index contributed by atoms with van der Waals surface area (Å²) in [5.74, 6) is 1.11. The van der Waals surface area contributed by atoms with Crippen LogP contribution in [0.5, 0.6) is 0 Å². The molecule has 3 nitrogen and oxygen atoms in total. The molecule has 2 aromatic carbocycles. The van der Waals surface area contributed by atoms with Gasteiger partial charge in [0, 0.05) is 16.1 Å². The van der Waals surface area contributed by atoms with Gasteiger partial charge in [-0.1, -0.05) is 78.0 Å². The van der Waals surface area contributed by atoms with Gasteiger partial charge in [-0.2, -0.15) is 4.98 Å². The van der Waals surface area contributed by atoms with Gasteiger partial charge >= 0.3 is 0 Å². The van der Waals surface area contributed by atoms with E-state index in [-0.39, 0.29) is 0 Å². The third kappa shape index (κ3) is 6.17. The lowest BCUT2D eigenvalue weighted by Crippen LogP contribution is -1.86. The van der Waals surface area contributed by atoms with Crippen molar-refractivity contribution in [2.24, 2.45) is 0 Å². The number of benzene rings is 2. The lowest BCUT2D eigenvalue weighted by molar-refractivity contribution is 0.411. The summed E-state index contributed by atoms with van der Waals surface area (Å²) in [4.78, 5) is 4.43. The molecule has 3 rings (SSSR count). The van der Waals surface area contributed by atoms with Crippen LogP contribution in [-0.2, 0) is 6.42 Å². The van der Waals surface area contributed by atoms with Crippen LogP contribution in [0.2, 0.25) is 0 Å². The highest BCUT2D eigenvalue weighted by Gasteiger charge is 2.06. The largest absolute Gasteiger partial charge is 0.334 e. The molecule has 0 fully saturated rings. The number of aryl methyl sites for hydroxylation is 1. The van der Waals surface area contributed by atoms with Crippen LogP contribution in [-0.4, -0.2) is 10.1 Å². The first-order chi connectivity index (χ1) is 13.2. The topological polar surface area (TPSA) is 38.9 Å². The maximum absolute atomic E-state index is 5.32. The molecule has 0 saturated heterocycles. The number of nitrogens with zero attached hydrogens (tertiary/aromatic N) is 2. The van der Waals surface area contributed by atoms with E-state index < -0.39 is 0 Å². The van der Waals surface area contributed by atoms with Gasteiger partial charge in [-0.15, -0.1) is 0 Å². The second-order valence-electron chi connectivity index (χ2n) is 6.70. The Labute approximate surface area is 169 Å². The molecular weight excluding hydrogens is 400 g/mol. The first-order valence-electron chi connectivity index (χ1n) is 9.61. The van der Waals surface area contributed by atoms with Crippen molar-refractivity contribution < 1.29 is 4.52 Å². The number of aromatic nitrogens is 2. The Bertz CT molecular complexity index is 851. The predicted octanol–water partition coefficient (Wildman–Crippen LogP) is 7.18. The van der Waals surface area contributed by atoms with Gasteiger partial charge < -0.3 is 4.52 Å². The number of halogens is 1. The minimum atomic E-state index is 0.507. The molecular formula is C23H25BrN2O. The summed E-state index contributed by atoms with van der Waals surface area (Å²) < 4.78 is 6.35. The van der Waals surface area contributed by atoms with Crippen molar-refractivity contribution >= 4 is 28.1 Å². The first-order valence-corrected chi connectivity index (χ1v) is 10.4. The van der Waals surface area contributed by atoms with E-state index in [9.17, 15) is 0 Å². The Morgan fingerprint density at radius 1 is 0.889 bits per heavy atom. The molecule has 140 valence electrons. The number of unbranched alkanes of at least 4 members (excludes halogenated alkanes) is 4. The van der Waals surface area contributed by atoms with Crippen LogP contribution < -0.4 is 0 Å².